The van der Waals surface area contributed by atoms with E-state index in [9.17, 15) is 9.59 Å². The van der Waals surface area contributed by atoms with E-state index in [-0.39, 0.29) is 11.8 Å². The first-order valence-electron chi connectivity index (χ1n) is 5.27. The maximum Gasteiger partial charge on any atom is 0.254 e. The summed E-state index contributed by atoms with van der Waals surface area (Å²) in [6.45, 7) is 1.39. The van der Waals surface area contributed by atoms with Gasteiger partial charge in [0.2, 0.25) is 5.91 Å². The summed E-state index contributed by atoms with van der Waals surface area (Å²) in [7, 11) is 3.26. The zero-order valence-electron chi connectivity index (χ0n) is 9.98. The number of ether oxygens (including phenoxy) is 1. The van der Waals surface area contributed by atoms with Crippen molar-refractivity contribution in [3.8, 4) is 5.75 Å². The highest BCUT2D eigenvalue weighted by molar-refractivity contribution is 6.05. The van der Waals surface area contributed by atoms with E-state index in [0.717, 1.165) is 11.3 Å². The Morgan fingerprint density at radius 2 is 2.18 bits per heavy atom. The van der Waals surface area contributed by atoms with E-state index in [1.807, 2.05) is 6.07 Å². The van der Waals surface area contributed by atoms with Gasteiger partial charge < -0.3 is 15.0 Å². The Bertz CT molecular complexity index is 485. The largest absolute Gasteiger partial charge is 0.497 e. The molecule has 1 heterocycles. The van der Waals surface area contributed by atoms with Crippen LogP contribution in [0, 0.1) is 0 Å². The Morgan fingerprint density at radius 3 is 2.76 bits per heavy atom. The average molecular weight is 234 g/mol. The zero-order valence-corrected chi connectivity index (χ0v) is 9.98. The first-order valence-corrected chi connectivity index (χ1v) is 5.27. The second-order valence-corrected chi connectivity index (χ2v) is 3.96. The maximum absolute atomic E-state index is 12.0. The number of carbonyl (C=O) groups excluding carboxylic acids is 2. The summed E-state index contributed by atoms with van der Waals surface area (Å²) in [5.74, 6) is 0.304. The summed E-state index contributed by atoms with van der Waals surface area (Å²) in [4.78, 5) is 24.6. The molecule has 5 heteroatoms. The molecule has 1 aromatic carbocycles. The Kier molecular flexibility index (Phi) is 2.75. The second kappa shape index (κ2) is 4.08. The van der Waals surface area contributed by atoms with Crippen LogP contribution in [0.5, 0.6) is 5.75 Å². The number of rotatable bonds is 2. The monoisotopic (exact) mass is 234 g/mol. The third kappa shape index (κ3) is 1.84. The number of amides is 2. The van der Waals surface area contributed by atoms with E-state index in [4.69, 9.17) is 4.74 Å². The molecule has 0 aromatic heterocycles. The van der Waals surface area contributed by atoms with Crippen molar-refractivity contribution in [2.24, 2.45) is 0 Å². The number of nitrogens with one attached hydrogen (secondary N) is 1. The fourth-order valence-corrected chi connectivity index (χ4v) is 1.98. The minimum atomic E-state index is -0.609. The first-order chi connectivity index (χ1) is 8.04. The fourth-order valence-electron chi connectivity index (χ4n) is 1.98. The van der Waals surface area contributed by atoms with Crippen LogP contribution in [0.15, 0.2) is 18.2 Å². The van der Waals surface area contributed by atoms with Crippen molar-refractivity contribution >= 4 is 17.5 Å². The molecule has 0 fully saturated rings. The van der Waals surface area contributed by atoms with Gasteiger partial charge in [0.05, 0.1) is 7.11 Å². The second-order valence-electron chi connectivity index (χ2n) is 3.96. The number of likely N-dealkylation sites (N-methyl/N-ethyl adjacent to an activating group) is 1. The van der Waals surface area contributed by atoms with Crippen molar-refractivity contribution in [3.63, 3.8) is 0 Å². The predicted octanol–water partition coefficient (Wildman–Crippen LogP) is 0.849. The number of anilines is 1. The molecular formula is C12H14N2O3. The molecule has 17 heavy (non-hydrogen) atoms. The summed E-state index contributed by atoms with van der Waals surface area (Å²) in [5, 5.41) is 2.64. The molecule has 1 N–H and O–H groups in total. The van der Waals surface area contributed by atoms with E-state index in [0.29, 0.717) is 5.75 Å². The van der Waals surface area contributed by atoms with Gasteiger partial charge >= 0.3 is 0 Å². The van der Waals surface area contributed by atoms with Gasteiger partial charge in [-0.25, -0.2) is 0 Å². The minimum absolute atomic E-state index is 0.136. The van der Waals surface area contributed by atoms with E-state index in [1.54, 1.807) is 26.3 Å². The van der Waals surface area contributed by atoms with Gasteiger partial charge in [0.15, 0.2) is 0 Å². The van der Waals surface area contributed by atoms with Crippen LogP contribution < -0.4 is 15.0 Å². The average Bonchev–Trinajstić information content (AvgIpc) is 2.53. The molecule has 0 radical (unpaired) electrons. The van der Waals surface area contributed by atoms with Gasteiger partial charge in [-0.15, -0.1) is 0 Å². The highest BCUT2D eigenvalue weighted by atomic mass is 16.5. The van der Waals surface area contributed by atoms with Crippen molar-refractivity contribution in [1.29, 1.82) is 0 Å². The Hall–Kier alpha value is -2.04. The van der Waals surface area contributed by atoms with Gasteiger partial charge in [-0.05, 0) is 18.2 Å². The number of benzene rings is 1. The van der Waals surface area contributed by atoms with Crippen molar-refractivity contribution < 1.29 is 14.3 Å². The number of carbonyl (C=O) groups is 2. The van der Waals surface area contributed by atoms with Gasteiger partial charge in [-0.1, -0.05) is 0 Å². The van der Waals surface area contributed by atoms with Crippen molar-refractivity contribution in [2.45, 2.75) is 13.0 Å². The molecule has 1 aromatic rings. The summed E-state index contributed by atoms with van der Waals surface area (Å²) in [6.07, 6.45) is 0. The summed E-state index contributed by atoms with van der Waals surface area (Å²) in [6, 6.07) is 4.77. The molecule has 0 aliphatic carbocycles. The molecule has 0 saturated heterocycles. The van der Waals surface area contributed by atoms with Gasteiger partial charge in [0.25, 0.3) is 5.91 Å². The van der Waals surface area contributed by atoms with Gasteiger partial charge in [0.1, 0.15) is 11.8 Å². The molecule has 0 saturated carbocycles. The minimum Gasteiger partial charge on any atom is -0.497 e. The Balaban J connectivity index is 2.45. The molecule has 2 rings (SSSR count). The van der Waals surface area contributed by atoms with E-state index < -0.39 is 6.04 Å². The number of hydrogen-bond donors (Lipinski definition) is 1. The molecular weight excluding hydrogens is 220 g/mol. The number of nitrogens with zero attached hydrogens (tertiary/aromatic N) is 1. The molecule has 1 atom stereocenters. The molecule has 5 nitrogen and oxygen atoms in total. The van der Waals surface area contributed by atoms with Crippen molar-refractivity contribution in [3.05, 3.63) is 23.8 Å². The fraction of sp³-hybridized carbons (Fsp3) is 0.333. The molecule has 90 valence electrons. The maximum atomic E-state index is 12.0. The molecule has 0 unspecified atom stereocenters. The van der Waals surface area contributed by atoms with Crippen molar-refractivity contribution in [1.82, 2.24) is 5.32 Å². The third-order valence-electron chi connectivity index (χ3n) is 2.83. The van der Waals surface area contributed by atoms with Gasteiger partial charge in [-0.2, -0.15) is 0 Å². The van der Waals surface area contributed by atoms with Crippen LogP contribution in [0.4, 0.5) is 5.69 Å². The number of fused-ring (bicyclic) bond motifs is 1. The standard InChI is InChI=1S/C12H14N2O3/c1-7(15)13-11-9-6-8(17-3)4-5-10(9)14(2)12(11)16/h4-6,11H,1-3H3,(H,13,15)/t11-/m1/s1. The summed E-state index contributed by atoms with van der Waals surface area (Å²) < 4.78 is 5.12. The summed E-state index contributed by atoms with van der Waals surface area (Å²) in [5.41, 5.74) is 1.57. The Morgan fingerprint density at radius 1 is 1.47 bits per heavy atom. The smallest absolute Gasteiger partial charge is 0.254 e. The number of methoxy groups -OCH3 is 1. The summed E-state index contributed by atoms with van der Waals surface area (Å²) >= 11 is 0. The molecule has 0 bridgehead atoms. The third-order valence-corrected chi connectivity index (χ3v) is 2.83. The van der Waals surface area contributed by atoms with Gasteiger partial charge in [-0.3, -0.25) is 9.59 Å². The highest BCUT2D eigenvalue weighted by Crippen LogP contribution is 2.37. The van der Waals surface area contributed by atoms with E-state index >= 15 is 0 Å². The van der Waals surface area contributed by atoms with Crippen LogP contribution in [-0.4, -0.2) is 26.0 Å². The van der Waals surface area contributed by atoms with Crippen LogP contribution in [0.2, 0.25) is 0 Å². The van der Waals surface area contributed by atoms with Crippen LogP contribution >= 0.6 is 0 Å². The van der Waals surface area contributed by atoms with Crippen molar-refractivity contribution in [2.75, 3.05) is 19.1 Å². The Labute approximate surface area is 99.4 Å². The zero-order chi connectivity index (χ0) is 12.6. The highest BCUT2D eigenvalue weighted by Gasteiger charge is 2.35. The van der Waals surface area contributed by atoms with Crippen LogP contribution in [0.3, 0.4) is 0 Å². The molecule has 1 aliphatic rings. The predicted molar refractivity (Wildman–Crippen MR) is 63.0 cm³/mol. The lowest BCUT2D eigenvalue weighted by molar-refractivity contribution is -0.125. The molecule has 1 aliphatic heterocycles. The number of hydrogen-bond acceptors (Lipinski definition) is 3. The lowest BCUT2D eigenvalue weighted by Gasteiger charge is -2.11. The normalized spacial score (nSPS) is 17.9. The molecule has 0 spiro atoms. The lowest BCUT2D eigenvalue weighted by atomic mass is 10.1. The van der Waals surface area contributed by atoms with Crippen LogP contribution in [0.25, 0.3) is 0 Å². The SMILES string of the molecule is COc1ccc2c(c1)[C@@H](NC(C)=O)C(=O)N2C. The topological polar surface area (TPSA) is 58.6 Å². The van der Waals surface area contributed by atoms with E-state index in [1.165, 1.54) is 11.8 Å². The first kappa shape index (κ1) is 11.4. The van der Waals surface area contributed by atoms with Crippen LogP contribution in [-0.2, 0) is 9.59 Å². The molecule has 2 amide bonds. The van der Waals surface area contributed by atoms with E-state index in [2.05, 4.69) is 5.32 Å². The van der Waals surface area contributed by atoms with Gasteiger partial charge in [0, 0.05) is 25.2 Å². The van der Waals surface area contributed by atoms with Crippen LogP contribution in [0.1, 0.15) is 18.5 Å². The quantitative estimate of drug-likeness (QED) is 0.825. The lowest BCUT2D eigenvalue weighted by Crippen LogP contribution is -2.34.